The second-order valence-electron chi connectivity index (χ2n) is 7.52. The van der Waals surface area contributed by atoms with Crippen molar-refractivity contribution >= 4 is 12.0 Å². The third-order valence-electron chi connectivity index (χ3n) is 6.35. The van der Waals surface area contributed by atoms with Gasteiger partial charge in [0, 0.05) is 11.5 Å². The Morgan fingerprint density at radius 1 is 1.26 bits per heavy atom. The largest absolute Gasteiger partial charge is 0.459 e. The SMILES string of the molecule is CC1CC(OC(=O)/C=C/c2ccc3c(c2)OCO3)C2(C)CC12C. The lowest BCUT2D eigenvalue weighted by Crippen LogP contribution is -2.23. The highest BCUT2D eigenvalue weighted by atomic mass is 16.7. The predicted octanol–water partition coefficient (Wildman–Crippen LogP) is 3.80. The Kier molecular flexibility index (Phi) is 3.03. The Labute approximate surface area is 136 Å². The third-order valence-corrected chi connectivity index (χ3v) is 6.35. The fourth-order valence-corrected chi connectivity index (χ4v) is 4.32. The van der Waals surface area contributed by atoms with Crippen LogP contribution in [0.15, 0.2) is 24.3 Å². The van der Waals surface area contributed by atoms with E-state index >= 15 is 0 Å². The minimum absolute atomic E-state index is 0.0383. The Hall–Kier alpha value is -1.97. The molecule has 4 atom stereocenters. The molecule has 0 aromatic heterocycles. The summed E-state index contributed by atoms with van der Waals surface area (Å²) in [4.78, 5) is 12.2. The molecule has 2 fully saturated rings. The van der Waals surface area contributed by atoms with Crippen molar-refractivity contribution in [3.05, 3.63) is 29.8 Å². The molecule has 4 rings (SSSR count). The standard InChI is InChI=1S/C19H22O4/c1-12-8-16(19(3)10-18(12,19)2)23-17(20)7-5-13-4-6-14-15(9-13)22-11-21-14/h4-7,9,12,16H,8,10-11H2,1-3H3/b7-5+. The Balaban J connectivity index is 1.41. The predicted molar refractivity (Wildman–Crippen MR) is 86.1 cm³/mol. The first-order valence-corrected chi connectivity index (χ1v) is 8.21. The molecule has 1 aliphatic heterocycles. The molecule has 1 heterocycles. The van der Waals surface area contributed by atoms with Crippen molar-refractivity contribution in [2.45, 2.75) is 39.7 Å². The number of carbonyl (C=O) groups is 1. The molecule has 3 aliphatic rings. The van der Waals surface area contributed by atoms with E-state index in [9.17, 15) is 4.79 Å². The molecule has 0 spiro atoms. The Morgan fingerprint density at radius 3 is 2.74 bits per heavy atom. The molecular formula is C19H22O4. The summed E-state index contributed by atoms with van der Waals surface area (Å²) in [5.74, 6) is 1.80. The molecule has 1 aromatic rings. The Bertz CT molecular complexity index is 695. The first-order chi connectivity index (χ1) is 10.9. The van der Waals surface area contributed by atoms with Gasteiger partial charge in [0.05, 0.1) is 0 Å². The molecule has 4 heteroatoms. The molecule has 2 aliphatic carbocycles. The lowest BCUT2D eigenvalue weighted by Gasteiger charge is -2.19. The van der Waals surface area contributed by atoms with Crippen LogP contribution in [0.2, 0.25) is 0 Å². The van der Waals surface area contributed by atoms with Crippen molar-refractivity contribution in [3.8, 4) is 11.5 Å². The van der Waals surface area contributed by atoms with Gasteiger partial charge in [0.15, 0.2) is 11.5 Å². The van der Waals surface area contributed by atoms with Gasteiger partial charge in [0.1, 0.15) is 6.10 Å². The molecule has 0 bridgehead atoms. The van der Waals surface area contributed by atoms with Crippen molar-refractivity contribution in [1.29, 1.82) is 0 Å². The van der Waals surface area contributed by atoms with E-state index in [4.69, 9.17) is 14.2 Å². The van der Waals surface area contributed by atoms with E-state index in [1.54, 1.807) is 6.08 Å². The molecular weight excluding hydrogens is 292 g/mol. The van der Waals surface area contributed by atoms with Gasteiger partial charge in [-0.2, -0.15) is 0 Å². The van der Waals surface area contributed by atoms with Crippen LogP contribution in [0.3, 0.4) is 0 Å². The van der Waals surface area contributed by atoms with Gasteiger partial charge in [-0.05, 0) is 47.9 Å². The van der Waals surface area contributed by atoms with Crippen LogP contribution in [0.4, 0.5) is 0 Å². The number of hydrogen-bond donors (Lipinski definition) is 0. The second-order valence-corrected chi connectivity index (χ2v) is 7.52. The van der Waals surface area contributed by atoms with Gasteiger partial charge in [-0.1, -0.05) is 26.8 Å². The molecule has 0 radical (unpaired) electrons. The number of fused-ring (bicyclic) bond motifs is 2. The lowest BCUT2D eigenvalue weighted by molar-refractivity contribution is -0.145. The van der Waals surface area contributed by atoms with E-state index in [0.29, 0.717) is 17.1 Å². The molecule has 23 heavy (non-hydrogen) atoms. The van der Waals surface area contributed by atoms with Gasteiger partial charge in [0.2, 0.25) is 6.79 Å². The maximum absolute atomic E-state index is 12.2. The van der Waals surface area contributed by atoms with Crippen LogP contribution in [-0.4, -0.2) is 18.9 Å². The molecule has 0 amide bonds. The van der Waals surface area contributed by atoms with E-state index in [0.717, 1.165) is 24.2 Å². The summed E-state index contributed by atoms with van der Waals surface area (Å²) < 4.78 is 16.4. The number of benzene rings is 1. The van der Waals surface area contributed by atoms with Gasteiger partial charge >= 0.3 is 5.97 Å². The second kappa shape index (κ2) is 4.76. The highest BCUT2D eigenvalue weighted by molar-refractivity contribution is 5.87. The van der Waals surface area contributed by atoms with Crippen molar-refractivity contribution in [3.63, 3.8) is 0 Å². The van der Waals surface area contributed by atoms with Crippen molar-refractivity contribution in [2.75, 3.05) is 6.79 Å². The van der Waals surface area contributed by atoms with Crippen LogP contribution < -0.4 is 9.47 Å². The lowest BCUT2D eigenvalue weighted by atomic mass is 9.92. The molecule has 0 saturated heterocycles. The van der Waals surface area contributed by atoms with Crippen LogP contribution in [-0.2, 0) is 9.53 Å². The van der Waals surface area contributed by atoms with E-state index in [1.165, 1.54) is 6.08 Å². The number of hydrogen-bond acceptors (Lipinski definition) is 4. The normalized spacial score (nSPS) is 37.0. The summed E-state index contributed by atoms with van der Waals surface area (Å²) in [5, 5.41) is 0. The van der Waals surface area contributed by atoms with Gasteiger partial charge in [-0.15, -0.1) is 0 Å². The molecule has 4 unspecified atom stereocenters. The average Bonchev–Trinajstić information content (AvgIpc) is 2.83. The molecule has 122 valence electrons. The first-order valence-electron chi connectivity index (χ1n) is 8.21. The third kappa shape index (κ3) is 2.15. The Morgan fingerprint density at radius 2 is 2.04 bits per heavy atom. The fourth-order valence-electron chi connectivity index (χ4n) is 4.32. The van der Waals surface area contributed by atoms with E-state index in [2.05, 4.69) is 20.8 Å². The minimum Gasteiger partial charge on any atom is -0.459 e. The zero-order valence-electron chi connectivity index (χ0n) is 13.8. The number of esters is 1. The first kappa shape index (κ1) is 14.6. The summed E-state index contributed by atoms with van der Waals surface area (Å²) in [7, 11) is 0. The zero-order valence-corrected chi connectivity index (χ0v) is 13.8. The van der Waals surface area contributed by atoms with E-state index < -0.39 is 0 Å². The van der Waals surface area contributed by atoms with Crippen LogP contribution in [0, 0.1) is 16.7 Å². The van der Waals surface area contributed by atoms with E-state index in [-0.39, 0.29) is 24.3 Å². The maximum Gasteiger partial charge on any atom is 0.331 e. The van der Waals surface area contributed by atoms with Crippen molar-refractivity contribution in [2.24, 2.45) is 16.7 Å². The smallest absolute Gasteiger partial charge is 0.331 e. The van der Waals surface area contributed by atoms with Gasteiger partial charge in [-0.25, -0.2) is 4.79 Å². The van der Waals surface area contributed by atoms with Crippen LogP contribution in [0.5, 0.6) is 11.5 Å². The van der Waals surface area contributed by atoms with Crippen LogP contribution in [0.25, 0.3) is 6.08 Å². The van der Waals surface area contributed by atoms with Crippen molar-refractivity contribution < 1.29 is 19.0 Å². The van der Waals surface area contributed by atoms with Crippen molar-refractivity contribution in [1.82, 2.24) is 0 Å². The highest BCUT2D eigenvalue weighted by Crippen LogP contribution is 2.75. The van der Waals surface area contributed by atoms with Gasteiger partial charge in [-0.3, -0.25) is 0 Å². The van der Waals surface area contributed by atoms with Gasteiger partial charge in [0.25, 0.3) is 0 Å². The molecule has 1 aromatic carbocycles. The monoisotopic (exact) mass is 314 g/mol. The minimum atomic E-state index is -0.266. The fraction of sp³-hybridized carbons (Fsp3) is 0.526. The van der Waals surface area contributed by atoms with Crippen LogP contribution in [0.1, 0.15) is 39.2 Å². The molecule has 0 N–H and O–H groups in total. The summed E-state index contributed by atoms with van der Waals surface area (Å²) >= 11 is 0. The number of ether oxygens (including phenoxy) is 3. The number of carbonyl (C=O) groups excluding carboxylic acids is 1. The van der Waals surface area contributed by atoms with Gasteiger partial charge < -0.3 is 14.2 Å². The highest BCUT2D eigenvalue weighted by Gasteiger charge is 2.72. The summed E-state index contributed by atoms with van der Waals surface area (Å²) in [6, 6.07) is 5.61. The topological polar surface area (TPSA) is 44.8 Å². The number of rotatable bonds is 3. The molecule has 2 saturated carbocycles. The van der Waals surface area contributed by atoms with Crippen LogP contribution >= 0.6 is 0 Å². The molecule has 4 nitrogen and oxygen atoms in total. The maximum atomic E-state index is 12.2. The summed E-state index contributed by atoms with van der Waals surface area (Å²) in [6.45, 7) is 7.08. The van der Waals surface area contributed by atoms with E-state index in [1.807, 2.05) is 18.2 Å². The average molecular weight is 314 g/mol. The summed E-state index contributed by atoms with van der Waals surface area (Å²) in [6.07, 6.45) is 5.43. The summed E-state index contributed by atoms with van der Waals surface area (Å²) in [5.41, 5.74) is 1.40. The zero-order chi connectivity index (χ0) is 16.2. The quantitative estimate of drug-likeness (QED) is 0.629.